The molecule has 0 atom stereocenters. The molecular formula is C15H19N2OS+. The lowest BCUT2D eigenvalue weighted by atomic mass is 10.1. The second-order valence-corrected chi connectivity index (χ2v) is 5.86. The smallest absolute Gasteiger partial charge is 0.124 e. The maximum Gasteiger partial charge on any atom is 0.124 e. The van der Waals surface area contributed by atoms with Crippen LogP contribution in [0.1, 0.15) is 11.3 Å². The van der Waals surface area contributed by atoms with E-state index in [1.807, 2.05) is 0 Å². The van der Waals surface area contributed by atoms with Crippen LogP contribution in [0.2, 0.25) is 0 Å². The predicted octanol–water partition coefficient (Wildman–Crippen LogP) is 1.53. The maximum atomic E-state index is 5.39. The van der Waals surface area contributed by atoms with Crippen molar-refractivity contribution in [1.29, 1.82) is 0 Å². The van der Waals surface area contributed by atoms with Crippen LogP contribution in [0.15, 0.2) is 29.6 Å². The summed E-state index contributed by atoms with van der Waals surface area (Å²) >= 11 is 1.75. The molecule has 0 spiro atoms. The van der Waals surface area contributed by atoms with Crippen molar-refractivity contribution in [2.45, 2.75) is 13.5 Å². The highest BCUT2D eigenvalue weighted by atomic mass is 32.1. The molecule has 0 radical (unpaired) electrons. The number of nitrogens with one attached hydrogen (secondary N) is 1. The summed E-state index contributed by atoms with van der Waals surface area (Å²) < 4.78 is 5.39. The third kappa shape index (κ3) is 3.03. The van der Waals surface area contributed by atoms with Crippen LogP contribution in [-0.2, 0) is 11.3 Å². The van der Waals surface area contributed by atoms with Crippen molar-refractivity contribution in [1.82, 2.24) is 4.98 Å². The Balaban J connectivity index is 1.74. The Morgan fingerprint density at radius 3 is 2.84 bits per heavy atom. The second-order valence-electron chi connectivity index (χ2n) is 5.00. The first kappa shape index (κ1) is 12.8. The highest BCUT2D eigenvalue weighted by molar-refractivity contribution is 7.13. The van der Waals surface area contributed by atoms with Crippen LogP contribution in [0.25, 0.3) is 10.6 Å². The van der Waals surface area contributed by atoms with E-state index in [0.717, 1.165) is 37.9 Å². The Bertz CT molecular complexity index is 547. The van der Waals surface area contributed by atoms with Gasteiger partial charge < -0.3 is 9.64 Å². The fourth-order valence-electron chi connectivity index (χ4n) is 2.42. The second kappa shape index (κ2) is 5.82. The third-order valence-electron chi connectivity index (χ3n) is 3.56. The topological polar surface area (TPSA) is 26.6 Å². The van der Waals surface area contributed by atoms with Crippen molar-refractivity contribution >= 4 is 11.3 Å². The number of thiazole rings is 1. The monoisotopic (exact) mass is 275 g/mol. The molecular weight excluding hydrogens is 256 g/mol. The number of hydrogen-bond acceptors (Lipinski definition) is 3. The minimum atomic E-state index is 0.879. The van der Waals surface area contributed by atoms with Crippen LogP contribution >= 0.6 is 11.3 Å². The molecule has 1 aromatic carbocycles. The molecule has 0 unspecified atom stereocenters. The number of quaternary nitrogens is 1. The number of aryl methyl sites for hydroxylation is 1. The molecule has 1 aromatic heterocycles. The Labute approximate surface area is 117 Å². The molecule has 1 saturated heterocycles. The van der Waals surface area contributed by atoms with Gasteiger partial charge in [0, 0.05) is 10.9 Å². The van der Waals surface area contributed by atoms with Crippen molar-refractivity contribution in [2.75, 3.05) is 26.3 Å². The van der Waals surface area contributed by atoms with Gasteiger partial charge >= 0.3 is 0 Å². The molecule has 0 aliphatic carbocycles. The molecule has 0 bridgehead atoms. The van der Waals surface area contributed by atoms with E-state index in [0.29, 0.717) is 0 Å². The minimum absolute atomic E-state index is 0.879. The molecule has 1 aliphatic rings. The lowest BCUT2D eigenvalue weighted by Gasteiger charge is -2.22. The quantitative estimate of drug-likeness (QED) is 0.919. The van der Waals surface area contributed by atoms with E-state index in [1.54, 1.807) is 16.2 Å². The fraction of sp³-hybridized carbons (Fsp3) is 0.400. The standard InChI is InChI=1S/C15H18N2OS/c1-12-4-2-3-5-14(12)15-16-13(11-19-15)10-17-6-8-18-9-7-17/h2-5,11H,6-10H2,1H3/p+1. The van der Waals surface area contributed by atoms with Gasteiger partial charge in [-0.3, -0.25) is 0 Å². The maximum absolute atomic E-state index is 5.39. The van der Waals surface area contributed by atoms with Gasteiger partial charge in [0.25, 0.3) is 0 Å². The Kier molecular flexibility index (Phi) is 3.92. The van der Waals surface area contributed by atoms with Gasteiger partial charge in [-0.1, -0.05) is 24.3 Å². The summed E-state index contributed by atoms with van der Waals surface area (Å²) in [6.45, 7) is 7.11. The van der Waals surface area contributed by atoms with Crippen LogP contribution in [0.3, 0.4) is 0 Å². The molecule has 1 fully saturated rings. The molecule has 3 nitrogen and oxygen atoms in total. The minimum Gasteiger partial charge on any atom is -0.370 e. The normalized spacial score (nSPS) is 16.7. The van der Waals surface area contributed by atoms with Gasteiger partial charge in [0.2, 0.25) is 0 Å². The van der Waals surface area contributed by atoms with Gasteiger partial charge in [-0.15, -0.1) is 11.3 Å². The van der Waals surface area contributed by atoms with Crippen LogP contribution < -0.4 is 4.90 Å². The van der Waals surface area contributed by atoms with Gasteiger partial charge in [-0.2, -0.15) is 0 Å². The molecule has 1 aliphatic heterocycles. The van der Waals surface area contributed by atoms with E-state index in [2.05, 4.69) is 36.6 Å². The number of rotatable bonds is 3. The zero-order valence-electron chi connectivity index (χ0n) is 11.2. The van der Waals surface area contributed by atoms with Gasteiger partial charge in [0.15, 0.2) is 0 Å². The molecule has 0 amide bonds. The summed E-state index contributed by atoms with van der Waals surface area (Å²) in [6.07, 6.45) is 0. The molecule has 1 N–H and O–H groups in total. The molecule has 3 rings (SSSR count). The molecule has 100 valence electrons. The van der Waals surface area contributed by atoms with Crippen LogP contribution in [0.4, 0.5) is 0 Å². The Morgan fingerprint density at radius 1 is 1.26 bits per heavy atom. The van der Waals surface area contributed by atoms with E-state index < -0.39 is 0 Å². The SMILES string of the molecule is Cc1ccccc1-c1nc(C[NH+]2CCOCC2)cs1. The number of morpholine rings is 1. The largest absolute Gasteiger partial charge is 0.370 e. The zero-order chi connectivity index (χ0) is 13.1. The molecule has 2 aromatic rings. The number of benzene rings is 1. The van der Waals surface area contributed by atoms with Gasteiger partial charge in [0.1, 0.15) is 30.3 Å². The highest BCUT2D eigenvalue weighted by Gasteiger charge is 2.16. The number of nitrogens with zero attached hydrogens (tertiary/aromatic N) is 1. The highest BCUT2D eigenvalue weighted by Crippen LogP contribution is 2.26. The van der Waals surface area contributed by atoms with E-state index >= 15 is 0 Å². The Morgan fingerprint density at radius 2 is 2.05 bits per heavy atom. The summed E-state index contributed by atoms with van der Waals surface area (Å²) in [5, 5.41) is 3.34. The summed E-state index contributed by atoms with van der Waals surface area (Å²) in [5.41, 5.74) is 3.76. The zero-order valence-corrected chi connectivity index (χ0v) is 12.0. The third-order valence-corrected chi connectivity index (χ3v) is 4.48. The van der Waals surface area contributed by atoms with Crippen LogP contribution in [0, 0.1) is 6.92 Å². The first-order valence-electron chi connectivity index (χ1n) is 6.74. The van der Waals surface area contributed by atoms with Crippen LogP contribution in [-0.4, -0.2) is 31.3 Å². The van der Waals surface area contributed by atoms with E-state index in [1.165, 1.54) is 16.8 Å². The number of aromatic nitrogens is 1. The lowest BCUT2D eigenvalue weighted by Crippen LogP contribution is -3.12. The average Bonchev–Trinajstić information content (AvgIpc) is 2.89. The van der Waals surface area contributed by atoms with E-state index in [4.69, 9.17) is 9.72 Å². The Hall–Kier alpha value is -1.23. The molecule has 4 heteroatoms. The lowest BCUT2D eigenvalue weighted by molar-refractivity contribution is -0.921. The van der Waals surface area contributed by atoms with Crippen molar-refractivity contribution in [2.24, 2.45) is 0 Å². The van der Waals surface area contributed by atoms with Crippen LogP contribution in [0.5, 0.6) is 0 Å². The summed E-state index contributed by atoms with van der Waals surface area (Å²) in [6, 6.07) is 8.45. The molecule has 19 heavy (non-hydrogen) atoms. The van der Waals surface area contributed by atoms with Crippen molar-refractivity contribution in [3.8, 4) is 10.6 Å². The molecule has 2 heterocycles. The average molecular weight is 275 g/mol. The first-order valence-corrected chi connectivity index (χ1v) is 7.62. The number of ether oxygens (including phenoxy) is 1. The molecule has 0 saturated carbocycles. The fourth-order valence-corrected chi connectivity index (χ4v) is 3.33. The van der Waals surface area contributed by atoms with Crippen molar-refractivity contribution in [3.63, 3.8) is 0 Å². The summed E-state index contributed by atoms with van der Waals surface area (Å²) in [4.78, 5) is 6.37. The first-order chi connectivity index (χ1) is 9.33. The van der Waals surface area contributed by atoms with Gasteiger partial charge in [-0.05, 0) is 12.5 Å². The van der Waals surface area contributed by atoms with Gasteiger partial charge in [0.05, 0.1) is 13.2 Å². The van der Waals surface area contributed by atoms with Crippen molar-refractivity contribution in [3.05, 3.63) is 40.9 Å². The van der Waals surface area contributed by atoms with E-state index in [9.17, 15) is 0 Å². The van der Waals surface area contributed by atoms with Crippen molar-refractivity contribution < 1.29 is 9.64 Å². The van der Waals surface area contributed by atoms with E-state index in [-0.39, 0.29) is 0 Å². The predicted molar refractivity (Wildman–Crippen MR) is 77.5 cm³/mol. The summed E-state index contributed by atoms with van der Waals surface area (Å²) in [7, 11) is 0. The number of hydrogen-bond donors (Lipinski definition) is 1. The summed E-state index contributed by atoms with van der Waals surface area (Å²) in [5.74, 6) is 0. The van der Waals surface area contributed by atoms with Gasteiger partial charge in [-0.25, -0.2) is 4.98 Å².